The van der Waals surface area contributed by atoms with Gasteiger partial charge in [0.2, 0.25) is 0 Å². The van der Waals surface area contributed by atoms with Crippen LogP contribution in [0.2, 0.25) is 5.02 Å². The molecule has 96 valence electrons. The topological polar surface area (TPSA) is 39.2 Å². The number of hydrogen-bond donors (Lipinski definition) is 1. The molecule has 2 aromatic rings. The van der Waals surface area contributed by atoms with Crippen molar-refractivity contribution in [3.05, 3.63) is 57.0 Å². The standard InChI is InChI=1S/C15H18ClNO/c1-8-5-6-12(7-13(8)16)15(17)14-9(2)10(3)18-11(14)4/h5-7,15H,17H2,1-4H3. The van der Waals surface area contributed by atoms with Gasteiger partial charge < -0.3 is 10.2 Å². The van der Waals surface area contributed by atoms with Crippen LogP contribution in [0.1, 0.15) is 39.8 Å². The molecule has 0 amide bonds. The highest BCUT2D eigenvalue weighted by Gasteiger charge is 2.19. The van der Waals surface area contributed by atoms with E-state index in [0.717, 1.165) is 38.8 Å². The monoisotopic (exact) mass is 263 g/mol. The van der Waals surface area contributed by atoms with Gasteiger partial charge in [0, 0.05) is 10.6 Å². The maximum atomic E-state index is 6.33. The predicted molar refractivity (Wildman–Crippen MR) is 75.1 cm³/mol. The first-order valence-corrected chi connectivity index (χ1v) is 6.37. The van der Waals surface area contributed by atoms with Crippen LogP contribution in [0, 0.1) is 27.7 Å². The van der Waals surface area contributed by atoms with E-state index in [1.807, 2.05) is 45.9 Å². The van der Waals surface area contributed by atoms with Crippen LogP contribution in [0.15, 0.2) is 22.6 Å². The van der Waals surface area contributed by atoms with E-state index >= 15 is 0 Å². The molecule has 1 atom stereocenters. The second-order valence-electron chi connectivity index (χ2n) is 4.74. The number of furan rings is 1. The lowest BCUT2D eigenvalue weighted by molar-refractivity contribution is 0.498. The smallest absolute Gasteiger partial charge is 0.106 e. The average Bonchev–Trinajstić information content (AvgIpc) is 2.56. The van der Waals surface area contributed by atoms with Crippen molar-refractivity contribution < 1.29 is 4.42 Å². The first kappa shape index (κ1) is 13.2. The Hall–Kier alpha value is -1.25. The Balaban J connectivity index is 2.47. The van der Waals surface area contributed by atoms with Crippen LogP contribution >= 0.6 is 11.6 Å². The van der Waals surface area contributed by atoms with Crippen LogP contribution in [-0.2, 0) is 0 Å². The van der Waals surface area contributed by atoms with Gasteiger partial charge in [0.25, 0.3) is 0 Å². The summed E-state index contributed by atoms with van der Waals surface area (Å²) in [6.07, 6.45) is 0. The fraction of sp³-hybridized carbons (Fsp3) is 0.333. The Kier molecular flexibility index (Phi) is 3.51. The summed E-state index contributed by atoms with van der Waals surface area (Å²) in [4.78, 5) is 0. The highest BCUT2D eigenvalue weighted by molar-refractivity contribution is 6.31. The Morgan fingerprint density at radius 1 is 1.11 bits per heavy atom. The van der Waals surface area contributed by atoms with E-state index < -0.39 is 0 Å². The molecule has 2 rings (SSSR count). The van der Waals surface area contributed by atoms with Gasteiger partial charge in [-0.2, -0.15) is 0 Å². The normalized spacial score (nSPS) is 12.8. The van der Waals surface area contributed by atoms with Gasteiger partial charge in [-0.3, -0.25) is 0 Å². The fourth-order valence-electron chi connectivity index (χ4n) is 2.24. The highest BCUT2D eigenvalue weighted by atomic mass is 35.5. The second kappa shape index (κ2) is 4.79. The van der Waals surface area contributed by atoms with E-state index in [9.17, 15) is 0 Å². The zero-order valence-electron chi connectivity index (χ0n) is 11.2. The SMILES string of the molecule is Cc1ccc(C(N)c2c(C)oc(C)c2C)cc1Cl. The maximum Gasteiger partial charge on any atom is 0.106 e. The van der Waals surface area contributed by atoms with E-state index in [-0.39, 0.29) is 6.04 Å². The van der Waals surface area contributed by atoms with Gasteiger partial charge in [-0.15, -0.1) is 0 Å². The Morgan fingerprint density at radius 2 is 1.78 bits per heavy atom. The number of nitrogens with two attached hydrogens (primary N) is 1. The molecule has 1 heterocycles. The third-order valence-electron chi connectivity index (χ3n) is 3.48. The van der Waals surface area contributed by atoms with Crippen molar-refractivity contribution in [2.75, 3.05) is 0 Å². The molecule has 0 spiro atoms. The van der Waals surface area contributed by atoms with Gasteiger partial charge in [-0.1, -0.05) is 23.7 Å². The largest absolute Gasteiger partial charge is 0.466 e. The summed E-state index contributed by atoms with van der Waals surface area (Å²) < 4.78 is 5.63. The van der Waals surface area contributed by atoms with E-state index in [1.165, 1.54) is 0 Å². The molecule has 0 saturated carbocycles. The maximum absolute atomic E-state index is 6.33. The summed E-state index contributed by atoms with van der Waals surface area (Å²) in [5.74, 6) is 1.81. The van der Waals surface area contributed by atoms with Crippen LogP contribution in [0.3, 0.4) is 0 Å². The van der Waals surface area contributed by atoms with Crippen LogP contribution in [0.25, 0.3) is 0 Å². The summed E-state index contributed by atoms with van der Waals surface area (Å²) >= 11 is 6.15. The first-order chi connectivity index (χ1) is 8.41. The molecule has 1 aromatic heterocycles. The second-order valence-corrected chi connectivity index (χ2v) is 5.15. The molecule has 0 aliphatic carbocycles. The van der Waals surface area contributed by atoms with E-state index in [1.54, 1.807) is 0 Å². The molecule has 0 radical (unpaired) electrons. The lowest BCUT2D eigenvalue weighted by Gasteiger charge is -2.14. The van der Waals surface area contributed by atoms with Gasteiger partial charge >= 0.3 is 0 Å². The molecule has 18 heavy (non-hydrogen) atoms. The number of halogens is 1. The van der Waals surface area contributed by atoms with Crippen molar-refractivity contribution in [3.8, 4) is 0 Å². The number of aryl methyl sites for hydroxylation is 3. The lowest BCUT2D eigenvalue weighted by Crippen LogP contribution is -2.13. The highest BCUT2D eigenvalue weighted by Crippen LogP contribution is 2.31. The van der Waals surface area contributed by atoms with Gasteiger partial charge in [0.15, 0.2) is 0 Å². The number of hydrogen-bond acceptors (Lipinski definition) is 2. The summed E-state index contributed by atoms with van der Waals surface area (Å²) in [7, 11) is 0. The fourth-order valence-corrected chi connectivity index (χ4v) is 2.43. The molecule has 0 saturated heterocycles. The van der Waals surface area contributed by atoms with E-state index in [2.05, 4.69) is 0 Å². The Bertz CT molecular complexity index is 586. The molecule has 2 nitrogen and oxygen atoms in total. The molecule has 1 aromatic carbocycles. The van der Waals surface area contributed by atoms with Crippen molar-refractivity contribution in [1.82, 2.24) is 0 Å². The van der Waals surface area contributed by atoms with Gasteiger partial charge in [0.05, 0.1) is 6.04 Å². The van der Waals surface area contributed by atoms with Gasteiger partial charge in [0.1, 0.15) is 11.5 Å². The molecule has 0 aliphatic heterocycles. The Labute approximate surface area is 113 Å². The van der Waals surface area contributed by atoms with E-state index in [0.29, 0.717) is 0 Å². The van der Waals surface area contributed by atoms with Crippen molar-refractivity contribution in [2.45, 2.75) is 33.7 Å². The first-order valence-electron chi connectivity index (χ1n) is 6.00. The zero-order chi connectivity index (χ0) is 13.4. The third kappa shape index (κ3) is 2.18. The quantitative estimate of drug-likeness (QED) is 0.881. The Morgan fingerprint density at radius 3 is 2.28 bits per heavy atom. The average molecular weight is 264 g/mol. The molecule has 0 bridgehead atoms. The summed E-state index contributed by atoms with van der Waals surface area (Å²) in [5, 5.41) is 0.749. The summed E-state index contributed by atoms with van der Waals surface area (Å²) in [6.45, 7) is 7.93. The molecular formula is C15H18ClNO. The minimum atomic E-state index is -0.194. The van der Waals surface area contributed by atoms with Crippen molar-refractivity contribution >= 4 is 11.6 Å². The molecule has 3 heteroatoms. The van der Waals surface area contributed by atoms with Gasteiger partial charge in [-0.05, 0) is 50.5 Å². The minimum absolute atomic E-state index is 0.194. The molecule has 0 aliphatic rings. The number of rotatable bonds is 2. The van der Waals surface area contributed by atoms with Crippen LogP contribution in [0.5, 0.6) is 0 Å². The molecule has 1 unspecified atom stereocenters. The zero-order valence-corrected chi connectivity index (χ0v) is 11.9. The van der Waals surface area contributed by atoms with Crippen LogP contribution in [-0.4, -0.2) is 0 Å². The third-order valence-corrected chi connectivity index (χ3v) is 3.89. The summed E-state index contributed by atoms with van der Waals surface area (Å²) in [5.41, 5.74) is 10.6. The summed E-state index contributed by atoms with van der Waals surface area (Å²) in [6, 6.07) is 5.76. The molecule has 2 N–H and O–H groups in total. The minimum Gasteiger partial charge on any atom is -0.466 e. The lowest BCUT2D eigenvalue weighted by atomic mass is 9.95. The van der Waals surface area contributed by atoms with Gasteiger partial charge in [-0.25, -0.2) is 0 Å². The van der Waals surface area contributed by atoms with E-state index in [4.69, 9.17) is 21.8 Å². The van der Waals surface area contributed by atoms with Crippen LogP contribution in [0.4, 0.5) is 0 Å². The number of benzene rings is 1. The molecule has 0 fully saturated rings. The predicted octanol–water partition coefficient (Wildman–Crippen LogP) is 4.21. The molecular weight excluding hydrogens is 246 g/mol. The van der Waals surface area contributed by atoms with Crippen molar-refractivity contribution in [3.63, 3.8) is 0 Å². The van der Waals surface area contributed by atoms with Crippen LogP contribution < -0.4 is 5.73 Å². The van der Waals surface area contributed by atoms with Crippen molar-refractivity contribution in [1.29, 1.82) is 0 Å². The van der Waals surface area contributed by atoms with Crippen molar-refractivity contribution in [2.24, 2.45) is 5.73 Å².